The number of anilines is 2. The van der Waals surface area contributed by atoms with E-state index in [0.29, 0.717) is 0 Å². The summed E-state index contributed by atoms with van der Waals surface area (Å²) in [5, 5.41) is 3.18. The molecule has 11 heavy (non-hydrogen) atoms. The molecule has 0 radical (unpaired) electrons. The summed E-state index contributed by atoms with van der Waals surface area (Å²) in [6, 6.07) is 6.03. The van der Waals surface area contributed by atoms with E-state index in [1.54, 1.807) is 0 Å². The summed E-state index contributed by atoms with van der Waals surface area (Å²) in [5.41, 5.74) is 8.80. The first kappa shape index (κ1) is 7.92. The molecule has 0 saturated heterocycles. The predicted octanol–water partition coefficient (Wildman–Crippen LogP) is 2.01. The van der Waals surface area contributed by atoms with Crippen molar-refractivity contribution in [2.75, 3.05) is 17.6 Å². The molecule has 60 valence electrons. The van der Waals surface area contributed by atoms with Crippen molar-refractivity contribution in [2.45, 2.75) is 13.8 Å². The Hall–Kier alpha value is -1.18. The van der Waals surface area contributed by atoms with Gasteiger partial charge in [0.2, 0.25) is 0 Å². The van der Waals surface area contributed by atoms with E-state index in [1.807, 2.05) is 25.1 Å². The van der Waals surface area contributed by atoms with Crippen molar-refractivity contribution in [1.29, 1.82) is 0 Å². The predicted molar refractivity (Wildman–Crippen MR) is 49.8 cm³/mol. The number of benzene rings is 1. The molecule has 0 saturated carbocycles. The highest BCUT2D eigenvalue weighted by atomic mass is 14.9. The summed E-state index contributed by atoms with van der Waals surface area (Å²) in [6.07, 6.45) is 0. The van der Waals surface area contributed by atoms with Gasteiger partial charge in [0.15, 0.2) is 0 Å². The molecule has 2 heteroatoms. The van der Waals surface area contributed by atoms with Gasteiger partial charge < -0.3 is 11.1 Å². The molecule has 0 unspecified atom stereocenters. The number of hydrogen-bond donors (Lipinski definition) is 2. The molecule has 1 rings (SSSR count). The largest absolute Gasteiger partial charge is 0.397 e. The van der Waals surface area contributed by atoms with Crippen LogP contribution in [-0.2, 0) is 0 Å². The van der Waals surface area contributed by atoms with Crippen LogP contribution in [0.1, 0.15) is 12.5 Å². The Bertz CT molecular complexity index is 243. The van der Waals surface area contributed by atoms with Crippen LogP contribution in [0.15, 0.2) is 18.2 Å². The molecule has 0 heterocycles. The second-order valence-corrected chi connectivity index (χ2v) is 2.62. The van der Waals surface area contributed by atoms with Crippen molar-refractivity contribution in [3.63, 3.8) is 0 Å². The van der Waals surface area contributed by atoms with Gasteiger partial charge in [0.1, 0.15) is 0 Å². The molecular weight excluding hydrogens is 136 g/mol. The first-order valence-electron chi connectivity index (χ1n) is 3.84. The Morgan fingerprint density at radius 2 is 2.18 bits per heavy atom. The molecule has 0 amide bonds. The average molecular weight is 150 g/mol. The highest BCUT2D eigenvalue weighted by Gasteiger charge is 1.95. The number of nitrogen functional groups attached to an aromatic ring is 1. The van der Waals surface area contributed by atoms with Crippen LogP contribution >= 0.6 is 0 Å². The second-order valence-electron chi connectivity index (χ2n) is 2.62. The zero-order valence-corrected chi connectivity index (χ0v) is 7.02. The van der Waals surface area contributed by atoms with Gasteiger partial charge in [-0.2, -0.15) is 0 Å². The average Bonchev–Trinajstić information content (AvgIpc) is 1.95. The first-order chi connectivity index (χ1) is 5.24. The van der Waals surface area contributed by atoms with Gasteiger partial charge in [0.05, 0.1) is 11.4 Å². The Labute approximate surface area is 67.4 Å². The van der Waals surface area contributed by atoms with Crippen LogP contribution in [0.5, 0.6) is 0 Å². The second kappa shape index (κ2) is 3.28. The zero-order chi connectivity index (χ0) is 8.27. The molecule has 0 fully saturated rings. The molecule has 1 aromatic rings. The van der Waals surface area contributed by atoms with E-state index in [9.17, 15) is 0 Å². The van der Waals surface area contributed by atoms with Gasteiger partial charge in [-0.25, -0.2) is 0 Å². The van der Waals surface area contributed by atoms with Crippen LogP contribution < -0.4 is 11.1 Å². The van der Waals surface area contributed by atoms with Crippen molar-refractivity contribution < 1.29 is 0 Å². The van der Waals surface area contributed by atoms with Crippen molar-refractivity contribution in [1.82, 2.24) is 0 Å². The third kappa shape index (κ3) is 1.87. The van der Waals surface area contributed by atoms with Crippen LogP contribution in [0.4, 0.5) is 11.4 Å². The van der Waals surface area contributed by atoms with Gasteiger partial charge in [0, 0.05) is 6.54 Å². The SMILES string of the molecule is CCNc1ccc(C)cc1N. The summed E-state index contributed by atoms with van der Waals surface area (Å²) in [4.78, 5) is 0. The fourth-order valence-electron chi connectivity index (χ4n) is 1.03. The van der Waals surface area contributed by atoms with E-state index in [-0.39, 0.29) is 0 Å². The number of aryl methyl sites for hydroxylation is 1. The lowest BCUT2D eigenvalue weighted by Gasteiger charge is -2.06. The topological polar surface area (TPSA) is 38.0 Å². The summed E-state index contributed by atoms with van der Waals surface area (Å²) in [7, 11) is 0. The zero-order valence-electron chi connectivity index (χ0n) is 7.02. The Morgan fingerprint density at radius 1 is 1.45 bits per heavy atom. The van der Waals surface area contributed by atoms with E-state index in [4.69, 9.17) is 5.73 Å². The number of hydrogen-bond acceptors (Lipinski definition) is 2. The Kier molecular flexibility index (Phi) is 2.36. The fourth-order valence-corrected chi connectivity index (χ4v) is 1.03. The molecule has 0 bridgehead atoms. The van der Waals surface area contributed by atoms with Gasteiger partial charge >= 0.3 is 0 Å². The quantitative estimate of drug-likeness (QED) is 0.633. The van der Waals surface area contributed by atoms with Gasteiger partial charge in [-0.1, -0.05) is 6.07 Å². The minimum Gasteiger partial charge on any atom is -0.397 e. The van der Waals surface area contributed by atoms with Crippen molar-refractivity contribution in [2.24, 2.45) is 0 Å². The smallest absolute Gasteiger partial charge is 0.0574 e. The Morgan fingerprint density at radius 3 is 2.73 bits per heavy atom. The minimum absolute atomic E-state index is 0.826. The van der Waals surface area contributed by atoms with Crippen LogP contribution in [0.3, 0.4) is 0 Å². The maximum Gasteiger partial charge on any atom is 0.0574 e. The highest BCUT2D eigenvalue weighted by molar-refractivity contribution is 5.66. The van der Waals surface area contributed by atoms with Crippen LogP contribution in [0, 0.1) is 6.92 Å². The number of rotatable bonds is 2. The first-order valence-corrected chi connectivity index (χ1v) is 3.84. The van der Waals surface area contributed by atoms with E-state index in [0.717, 1.165) is 17.9 Å². The van der Waals surface area contributed by atoms with Crippen LogP contribution in [0.25, 0.3) is 0 Å². The molecule has 2 nitrogen and oxygen atoms in total. The molecular formula is C9H14N2. The Balaban J connectivity index is 2.90. The van der Waals surface area contributed by atoms with Gasteiger partial charge in [-0.05, 0) is 31.5 Å². The van der Waals surface area contributed by atoms with Crippen molar-refractivity contribution in [3.05, 3.63) is 23.8 Å². The minimum atomic E-state index is 0.826. The van der Waals surface area contributed by atoms with Crippen molar-refractivity contribution in [3.8, 4) is 0 Å². The van der Waals surface area contributed by atoms with Gasteiger partial charge in [0.25, 0.3) is 0 Å². The standard InChI is InChI=1S/C9H14N2/c1-3-11-9-5-4-7(2)6-8(9)10/h4-6,11H,3,10H2,1-2H3. The van der Waals surface area contributed by atoms with Crippen LogP contribution in [0.2, 0.25) is 0 Å². The van der Waals surface area contributed by atoms with E-state index in [2.05, 4.69) is 12.2 Å². The van der Waals surface area contributed by atoms with E-state index < -0.39 is 0 Å². The van der Waals surface area contributed by atoms with Gasteiger partial charge in [-0.3, -0.25) is 0 Å². The fraction of sp³-hybridized carbons (Fsp3) is 0.333. The maximum absolute atomic E-state index is 5.74. The van der Waals surface area contributed by atoms with E-state index >= 15 is 0 Å². The van der Waals surface area contributed by atoms with E-state index in [1.165, 1.54) is 5.56 Å². The number of nitrogens with one attached hydrogen (secondary N) is 1. The lowest BCUT2D eigenvalue weighted by molar-refractivity contribution is 1.21. The molecule has 3 N–H and O–H groups in total. The molecule has 0 aliphatic carbocycles. The molecule has 0 spiro atoms. The molecule has 0 aliphatic rings. The lowest BCUT2D eigenvalue weighted by Crippen LogP contribution is -2.00. The normalized spacial score (nSPS) is 9.64. The molecule has 0 aromatic heterocycles. The highest BCUT2D eigenvalue weighted by Crippen LogP contribution is 2.18. The molecule has 1 aromatic carbocycles. The monoisotopic (exact) mass is 150 g/mol. The third-order valence-corrected chi connectivity index (χ3v) is 1.57. The maximum atomic E-state index is 5.74. The third-order valence-electron chi connectivity index (χ3n) is 1.57. The molecule has 0 atom stereocenters. The van der Waals surface area contributed by atoms with Crippen molar-refractivity contribution >= 4 is 11.4 Å². The summed E-state index contributed by atoms with van der Waals surface area (Å²) < 4.78 is 0. The number of nitrogens with two attached hydrogens (primary N) is 1. The summed E-state index contributed by atoms with van der Waals surface area (Å²) >= 11 is 0. The lowest BCUT2D eigenvalue weighted by atomic mass is 10.2. The van der Waals surface area contributed by atoms with Gasteiger partial charge in [-0.15, -0.1) is 0 Å². The van der Waals surface area contributed by atoms with Crippen LogP contribution in [-0.4, -0.2) is 6.54 Å². The summed E-state index contributed by atoms with van der Waals surface area (Å²) in [6.45, 7) is 5.00. The molecule has 0 aliphatic heterocycles. The summed E-state index contributed by atoms with van der Waals surface area (Å²) in [5.74, 6) is 0.